The van der Waals surface area contributed by atoms with E-state index in [1.165, 1.54) is 5.56 Å². The average molecular weight is 400 g/mol. The Hall–Kier alpha value is -1.53. The van der Waals surface area contributed by atoms with Crippen molar-refractivity contribution in [1.82, 2.24) is 0 Å². The van der Waals surface area contributed by atoms with Crippen molar-refractivity contribution in [2.45, 2.75) is 64.9 Å². The minimum atomic E-state index is -0.653. The number of nitrogens with zero attached hydrogens (tertiary/aromatic N) is 1. The SMILES string of the molecule is CC(O)N1c2ccc(Cl)cc2CCc2cc(B3OC(C)(C)C(C)(C)O3)ccc21. The van der Waals surface area contributed by atoms with Crippen LogP contribution >= 0.6 is 11.6 Å². The summed E-state index contributed by atoms with van der Waals surface area (Å²) in [5.74, 6) is 0. The van der Waals surface area contributed by atoms with Crippen molar-refractivity contribution in [3.05, 3.63) is 52.5 Å². The predicted octanol–water partition coefficient (Wildman–Crippen LogP) is 4.21. The number of aliphatic hydroxyl groups excluding tert-OH is 1. The molecular formula is C22H27BClNO3. The first kappa shape index (κ1) is 19.8. The van der Waals surface area contributed by atoms with Crippen LogP contribution < -0.4 is 10.4 Å². The maximum Gasteiger partial charge on any atom is 0.494 e. The van der Waals surface area contributed by atoms with Gasteiger partial charge in [0.15, 0.2) is 0 Å². The van der Waals surface area contributed by atoms with E-state index in [1.54, 1.807) is 6.92 Å². The Morgan fingerprint density at radius 2 is 1.50 bits per heavy atom. The van der Waals surface area contributed by atoms with Crippen LogP contribution in [0, 0.1) is 0 Å². The van der Waals surface area contributed by atoms with Crippen LogP contribution in [0.3, 0.4) is 0 Å². The largest absolute Gasteiger partial charge is 0.494 e. The summed E-state index contributed by atoms with van der Waals surface area (Å²) in [7, 11) is -0.393. The van der Waals surface area contributed by atoms with Crippen LogP contribution in [0.15, 0.2) is 36.4 Å². The molecule has 2 aromatic carbocycles. The van der Waals surface area contributed by atoms with Crippen LogP contribution in [0.2, 0.25) is 5.02 Å². The van der Waals surface area contributed by atoms with E-state index in [0.717, 1.165) is 35.2 Å². The average Bonchev–Trinajstić information content (AvgIpc) is 2.75. The van der Waals surface area contributed by atoms with Crippen molar-refractivity contribution >= 4 is 35.6 Å². The van der Waals surface area contributed by atoms with Gasteiger partial charge >= 0.3 is 7.12 Å². The van der Waals surface area contributed by atoms with Crippen molar-refractivity contribution < 1.29 is 14.4 Å². The predicted molar refractivity (Wildman–Crippen MR) is 115 cm³/mol. The lowest BCUT2D eigenvalue weighted by atomic mass is 9.78. The molecule has 1 N–H and O–H groups in total. The smallest absolute Gasteiger partial charge is 0.399 e. The molecule has 2 heterocycles. The van der Waals surface area contributed by atoms with Crippen molar-refractivity contribution in [3.8, 4) is 0 Å². The summed E-state index contributed by atoms with van der Waals surface area (Å²) in [5, 5.41) is 11.2. The fraction of sp³-hybridized carbons (Fsp3) is 0.455. The third-order valence-corrected chi connectivity index (χ3v) is 6.46. The van der Waals surface area contributed by atoms with E-state index >= 15 is 0 Å². The molecule has 148 valence electrons. The Bertz CT molecular complexity index is 897. The molecule has 1 atom stereocenters. The summed E-state index contributed by atoms with van der Waals surface area (Å²) in [6, 6.07) is 12.1. The summed E-state index contributed by atoms with van der Waals surface area (Å²) in [6.45, 7) is 10.0. The zero-order chi connectivity index (χ0) is 20.3. The maximum atomic E-state index is 10.5. The third-order valence-electron chi connectivity index (χ3n) is 6.23. The fourth-order valence-electron chi connectivity index (χ4n) is 3.96. The van der Waals surface area contributed by atoms with Gasteiger partial charge in [-0.2, -0.15) is 0 Å². The highest BCUT2D eigenvalue weighted by Gasteiger charge is 2.51. The van der Waals surface area contributed by atoms with Crippen LogP contribution in [0.4, 0.5) is 11.4 Å². The molecule has 0 saturated carbocycles. The van der Waals surface area contributed by atoms with Gasteiger partial charge < -0.3 is 19.3 Å². The Morgan fingerprint density at radius 1 is 0.964 bits per heavy atom. The molecule has 4 nitrogen and oxygen atoms in total. The normalized spacial score (nSPS) is 21.1. The summed E-state index contributed by atoms with van der Waals surface area (Å²) in [5.41, 5.74) is 4.58. The van der Waals surface area contributed by atoms with Gasteiger partial charge in [0.1, 0.15) is 6.23 Å². The zero-order valence-corrected chi connectivity index (χ0v) is 17.9. The highest BCUT2D eigenvalue weighted by Crippen LogP contribution is 2.39. The number of hydrogen-bond donors (Lipinski definition) is 1. The molecule has 0 amide bonds. The first-order valence-corrected chi connectivity index (χ1v) is 10.2. The maximum absolute atomic E-state index is 10.5. The van der Waals surface area contributed by atoms with Gasteiger partial charge in [0.25, 0.3) is 0 Å². The quantitative estimate of drug-likeness (QED) is 0.768. The molecule has 0 radical (unpaired) electrons. The Kier molecular flexibility index (Phi) is 4.78. The van der Waals surface area contributed by atoms with Crippen LogP contribution in [0.25, 0.3) is 0 Å². The molecule has 0 bridgehead atoms. The van der Waals surface area contributed by atoms with E-state index in [0.29, 0.717) is 5.02 Å². The van der Waals surface area contributed by atoms with Crippen LogP contribution in [0.1, 0.15) is 45.7 Å². The van der Waals surface area contributed by atoms with Gasteiger partial charge in [-0.25, -0.2) is 0 Å². The Morgan fingerprint density at radius 3 is 2.07 bits per heavy atom. The fourth-order valence-corrected chi connectivity index (χ4v) is 4.15. The van der Waals surface area contributed by atoms with Gasteiger partial charge in [-0.05, 0) is 88.3 Å². The van der Waals surface area contributed by atoms with E-state index < -0.39 is 13.3 Å². The third kappa shape index (κ3) is 3.24. The lowest BCUT2D eigenvalue weighted by Crippen LogP contribution is -2.41. The second kappa shape index (κ2) is 6.77. The number of hydrogen-bond acceptors (Lipinski definition) is 4. The van der Waals surface area contributed by atoms with E-state index in [4.69, 9.17) is 20.9 Å². The van der Waals surface area contributed by atoms with Gasteiger partial charge in [0, 0.05) is 16.4 Å². The highest BCUT2D eigenvalue weighted by atomic mass is 35.5. The molecule has 4 rings (SSSR count). The highest BCUT2D eigenvalue weighted by molar-refractivity contribution is 6.62. The number of benzene rings is 2. The van der Waals surface area contributed by atoms with Crippen molar-refractivity contribution in [1.29, 1.82) is 0 Å². The van der Waals surface area contributed by atoms with Crippen LogP contribution in [0.5, 0.6) is 0 Å². The molecule has 2 aliphatic heterocycles. The van der Waals surface area contributed by atoms with Crippen LogP contribution in [-0.2, 0) is 22.2 Å². The van der Waals surface area contributed by atoms with Gasteiger partial charge in [0.2, 0.25) is 0 Å². The van der Waals surface area contributed by atoms with Gasteiger partial charge in [-0.15, -0.1) is 0 Å². The lowest BCUT2D eigenvalue weighted by molar-refractivity contribution is 0.00578. The van der Waals surface area contributed by atoms with Crippen molar-refractivity contribution in [2.75, 3.05) is 4.90 Å². The van der Waals surface area contributed by atoms with E-state index in [-0.39, 0.29) is 11.2 Å². The number of halogens is 1. The summed E-state index contributed by atoms with van der Waals surface area (Å²) in [4.78, 5) is 1.97. The van der Waals surface area contributed by atoms with Crippen LogP contribution in [-0.4, -0.2) is 29.7 Å². The van der Waals surface area contributed by atoms with E-state index in [2.05, 4.69) is 39.8 Å². The van der Waals surface area contributed by atoms with Gasteiger partial charge in [-0.3, -0.25) is 0 Å². The molecule has 2 aromatic rings. The van der Waals surface area contributed by atoms with Gasteiger partial charge in [0.05, 0.1) is 11.2 Å². The molecule has 1 saturated heterocycles. The number of rotatable bonds is 2. The molecule has 6 heteroatoms. The standard InChI is InChI=1S/C22H27BClNO3/c1-14(26)25-19-10-8-17(23-27-21(2,3)22(4,5)28-23)12-15(19)6-7-16-13-18(24)9-11-20(16)25/h8-14,26H,6-7H2,1-5H3. The first-order chi connectivity index (χ1) is 13.1. The Labute approximate surface area is 172 Å². The molecular weight excluding hydrogens is 373 g/mol. The number of aryl methyl sites for hydroxylation is 2. The van der Waals surface area contributed by atoms with E-state index in [1.807, 2.05) is 29.2 Å². The second-order valence-electron chi connectivity index (χ2n) is 8.75. The summed E-state index contributed by atoms with van der Waals surface area (Å²) < 4.78 is 12.4. The molecule has 0 spiro atoms. The lowest BCUT2D eigenvalue weighted by Gasteiger charge is -2.32. The molecule has 0 aromatic heterocycles. The monoisotopic (exact) mass is 399 g/mol. The van der Waals surface area contributed by atoms with E-state index in [9.17, 15) is 5.11 Å². The minimum absolute atomic E-state index is 0.372. The molecule has 0 aliphatic carbocycles. The van der Waals surface area contributed by atoms with Gasteiger partial charge in [-0.1, -0.05) is 23.7 Å². The molecule has 1 unspecified atom stereocenters. The Balaban J connectivity index is 1.74. The number of aliphatic hydroxyl groups is 1. The summed E-state index contributed by atoms with van der Waals surface area (Å²) in [6.07, 6.45) is 1.07. The molecule has 28 heavy (non-hydrogen) atoms. The second-order valence-corrected chi connectivity index (χ2v) is 9.19. The zero-order valence-electron chi connectivity index (χ0n) is 17.1. The van der Waals surface area contributed by atoms with Crippen molar-refractivity contribution in [2.24, 2.45) is 0 Å². The topological polar surface area (TPSA) is 41.9 Å². The number of anilines is 2. The number of fused-ring (bicyclic) bond motifs is 2. The first-order valence-electron chi connectivity index (χ1n) is 9.83. The van der Waals surface area contributed by atoms with Crippen molar-refractivity contribution in [3.63, 3.8) is 0 Å². The summed E-state index contributed by atoms with van der Waals surface area (Å²) >= 11 is 6.22. The molecule has 2 aliphatic rings. The molecule has 1 fully saturated rings. The minimum Gasteiger partial charge on any atom is -0.399 e.